The van der Waals surface area contributed by atoms with Gasteiger partial charge in [-0.2, -0.15) is 0 Å². The highest BCUT2D eigenvalue weighted by molar-refractivity contribution is 5.93. The van der Waals surface area contributed by atoms with Gasteiger partial charge in [0.05, 0.1) is 12.2 Å². The zero-order valence-corrected chi connectivity index (χ0v) is 16.0. The molecule has 0 unspecified atom stereocenters. The molecule has 2 saturated heterocycles. The quantitative estimate of drug-likeness (QED) is 0.510. The van der Waals surface area contributed by atoms with Gasteiger partial charge in [-0.1, -0.05) is 54.6 Å². The Morgan fingerprint density at radius 1 is 0.862 bits per heavy atom. The first kappa shape index (κ1) is 14.5. The molecule has 0 aromatic heterocycles. The maximum atomic E-state index is 7.15. The number of hydrogen-bond acceptors (Lipinski definition) is 2. The van der Waals surface area contributed by atoms with E-state index in [0.29, 0.717) is 11.8 Å². The molecule has 4 aliphatic heterocycles. The van der Waals surface area contributed by atoms with Crippen molar-refractivity contribution < 1.29 is 9.47 Å². The third kappa shape index (κ3) is 1.28. The second-order valence-corrected chi connectivity index (χ2v) is 9.83. The van der Waals surface area contributed by atoms with Crippen molar-refractivity contribution in [1.82, 2.24) is 0 Å². The second kappa shape index (κ2) is 4.21. The first-order valence-corrected chi connectivity index (χ1v) is 11.1. The molecule has 2 aliphatic carbocycles. The number of aryl methyl sites for hydroxylation is 2. The van der Waals surface area contributed by atoms with Gasteiger partial charge in [-0.3, -0.25) is 0 Å². The normalized spacial score (nSPS) is 40.6. The van der Waals surface area contributed by atoms with Gasteiger partial charge in [-0.05, 0) is 69.5 Å². The molecule has 4 heterocycles. The number of fused-ring (bicyclic) bond motifs is 7. The molecule has 6 atom stereocenters. The minimum absolute atomic E-state index is 0.155. The average molecular weight is 376 g/mol. The fourth-order valence-corrected chi connectivity index (χ4v) is 8.05. The molecule has 140 valence electrons. The third-order valence-electron chi connectivity index (χ3n) is 8.89. The first-order valence-electron chi connectivity index (χ1n) is 11.1. The van der Waals surface area contributed by atoms with Gasteiger partial charge in [-0.15, -0.1) is 0 Å². The van der Waals surface area contributed by atoms with Gasteiger partial charge in [0.2, 0.25) is 0 Å². The van der Waals surface area contributed by atoms with E-state index >= 15 is 0 Å². The maximum absolute atomic E-state index is 7.15. The van der Waals surface area contributed by atoms with E-state index < -0.39 is 0 Å². The van der Waals surface area contributed by atoms with Crippen LogP contribution < -0.4 is 0 Å². The fourth-order valence-electron chi connectivity index (χ4n) is 8.05. The zero-order chi connectivity index (χ0) is 18.5. The highest BCUT2D eigenvalue weighted by Gasteiger charge is 2.77. The van der Waals surface area contributed by atoms with Crippen LogP contribution in [0.1, 0.15) is 45.9 Å². The molecule has 0 amide bonds. The Morgan fingerprint density at radius 3 is 2.59 bits per heavy atom. The minimum atomic E-state index is -0.365. The summed E-state index contributed by atoms with van der Waals surface area (Å²) >= 11 is 0. The largest absolute Gasteiger partial charge is 0.358 e. The van der Waals surface area contributed by atoms with Gasteiger partial charge >= 0.3 is 0 Å². The van der Waals surface area contributed by atoms with Crippen LogP contribution in [-0.4, -0.2) is 6.10 Å². The molecule has 2 heteroatoms. The summed E-state index contributed by atoms with van der Waals surface area (Å²) in [6.45, 7) is 0. The van der Waals surface area contributed by atoms with Gasteiger partial charge in [0.25, 0.3) is 0 Å². The van der Waals surface area contributed by atoms with E-state index in [1.807, 2.05) is 0 Å². The Balaban J connectivity index is 1.50. The molecule has 0 N–H and O–H groups in total. The van der Waals surface area contributed by atoms with Gasteiger partial charge in [0.15, 0.2) is 0 Å². The molecule has 2 fully saturated rings. The average Bonchev–Trinajstić information content (AvgIpc) is 3.55. The first-order chi connectivity index (χ1) is 14.3. The smallest absolute Gasteiger partial charge is 0.127 e. The standard InChI is InChI=1S/C27H20O2/c1-6-15-12-17-20(13-16(15)7-1)27-19-9-3-5-14-4-2-8-18(22(14)19)26-11-10-21(28-26)23(25(26)27)24(17)29-27/h2-5,8-13,21,23-25H,1,6-7H2/t21-,23+,24+,25-,26-,27-/m0/s1. The topological polar surface area (TPSA) is 18.5 Å². The van der Waals surface area contributed by atoms with Crippen LogP contribution in [0, 0.1) is 11.8 Å². The summed E-state index contributed by atoms with van der Waals surface area (Å²) in [6.07, 6.45) is 8.72. The van der Waals surface area contributed by atoms with Gasteiger partial charge in [0, 0.05) is 11.8 Å². The second-order valence-electron chi connectivity index (χ2n) is 9.83. The summed E-state index contributed by atoms with van der Waals surface area (Å²) in [5.74, 6) is 0.748. The summed E-state index contributed by atoms with van der Waals surface area (Å²) in [6, 6.07) is 18.5. The Labute approximate surface area is 169 Å². The van der Waals surface area contributed by atoms with Crippen molar-refractivity contribution in [3.05, 3.63) is 94.1 Å². The van der Waals surface area contributed by atoms with Crippen molar-refractivity contribution in [3.8, 4) is 0 Å². The van der Waals surface area contributed by atoms with E-state index in [1.165, 1.54) is 52.3 Å². The highest BCUT2D eigenvalue weighted by atomic mass is 16.6. The van der Waals surface area contributed by atoms with Gasteiger partial charge in [0.1, 0.15) is 11.2 Å². The molecule has 6 aliphatic rings. The summed E-state index contributed by atoms with van der Waals surface area (Å²) in [4.78, 5) is 0. The molecule has 9 rings (SSSR count). The van der Waals surface area contributed by atoms with E-state index in [0.717, 1.165) is 0 Å². The molecule has 0 radical (unpaired) electrons. The van der Waals surface area contributed by atoms with E-state index in [4.69, 9.17) is 9.47 Å². The van der Waals surface area contributed by atoms with Gasteiger partial charge < -0.3 is 9.47 Å². The predicted octanol–water partition coefficient (Wildman–Crippen LogP) is 5.07. The lowest BCUT2D eigenvalue weighted by Gasteiger charge is -2.47. The lowest BCUT2D eigenvalue weighted by Crippen LogP contribution is -2.49. The van der Waals surface area contributed by atoms with Gasteiger partial charge in [-0.25, -0.2) is 0 Å². The van der Waals surface area contributed by atoms with Crippen molar-refractivity contribution in [2.24, 2.45) is 11.8 Å². The Kier molecular flexibility index (Phi) is 2.11. The third-order valence-corrected chi connectivity index (χ3v) is 8.89. The number of hydrogen-bond donors (Lipinski definition) is 0. The summed E-state index contributed by atoms with van der Waals surface area (Å²) in [7, 11) is 0. The van der Waals surface area contributed by atoms with Crippen LogP contribution >= 0.6 is 0 Å². The van der Waals surface area contributed by atoms with E-state index in [9.17, 15) is 0 Å². The Bertz CT molecular complexity index is 1330. The highest BCUT2D eigenvalue weighted by Crippen LogP contribution is 2.76. The SMILES string of the molecule is C1=C[C@]23O[C@@H]1[C@@H]1[C@@H]4O[C@](c5cc6c(cc54)CCC6)(c4cccc5cccc2c45)[C@@H]13. The molecule has 29 heavy (non-hydrogen) atoms. The van der Waals surface area contributed by atoms with Crippen LogP contribution in [0.25, 0.3) is 10.8 Å². The van der Waals surface area contributed by atoms with Crippen LogP contribution in [-0.2, 0) is 33.5 Å². The van der Waals surface area contributed by atoms with Crippen molar-refractivity contribution in [2.45, 2.75) is 42.7 Å². The Hall–Kier alpha value is -2.42. The van der Waals surface area contributed by atoms with Crippen LogP contribution in [0.4, 0.5) is 0 Å². The van der Waals surface area contributed by atoms with Crippen molar-refractivity contribution in [2.75, 3.05) is 0 Å². The van der Waals surface area contributed by atoms with Crippen LogP contribution in [0.15, 0.2) is 60.7 Å². The minimum Gasteiger partial charge on any atom is -0.358 e. The van der Waals surface area contributed by atoms with Crippen molar-refractivity contribution in [1.29, 1.82) is 0 Å². The monoisotopic (exact) mass is 376 g/mol. The lowest BCUT2D eigenvalue weighted by atomic mass is 9.54. The van der Waals surface area contributed by atoms with Crippen LogP contribution in [0.2, 0.25) is 0 Å². The molecule has 3 aromatic rings. The number of ether oxygens (including phenoxy) is 2. The Morgan fingerprint density at radius 2 is 1.69 bits per heavy atom. The van der Waals surface area contributed by atoms with E-state index in [1.54, 1.807) is 11.1 Å². The van der Waals surface area contributed by atoms with E-state index in [-0.39, 0.29) is 23.4 Å². The maximum Gasteiger partial charge on any atom is 0.127 e. The molecule has 2 spiro atoms. The van der Waals surface area contributed by atoms with Crippen molar-refractivity contribution >= 4 is 10.8 Å². The summed E-state index contributed by atoms with van der Waals surface area (Å²) in [5, 5.41) is 2.65. The number of rotatable bonds is 0. The van der Waals surface area contributed by atoms with E-state index in [2.05, 4.69) is 60.7 Å². The molecule has 3 aromatic carbocycles. The molecule has 4 bridgehead atoms. The molecular weight excluding hydrogens is 356 g/mol. The zero-order valence-electron chi connectivity index (χ0n) is 16.0. The lowest BCUT2D eigenvalue weighted by molar-refractivity contribution is -0.0922. The van der Waals surface area contributed by atoms with Crippen LogP contribution in [0.5, 0.6) is 0 Å². The summed E-state index contributed by atoms with van der Waals surface area (Å²) in [5.41, 5.74) is 8.00. The predicted molar refractivity (Wildman–Crippen MR) is 110 cm³/mol. The molecule has 2 nitrogen and oxygen atoms in total. The molecule has 0 saturated carbocycles. The molecular formula is C27H20O2. The van der Waals surface area contributed by atoms with Crippen LogP contribution in [0.3, 0.4) is 0 Å². The number of benzene rings is 3. The summed E-state index contributed by atoms with van der Waals surface area (Å²) < 4.78 is 14.0. The van der Waals surface area contributed by atoms with Crippen molar-refractivity contribution in [3.63, 3.8) is 0 Å². The fraction of sp³-hybridized carbons (Fsp3) is 0.333.